The summed E-state index contributed by atoms with van der Waals surface area (Å²) < 4.78 is 5.84. The Hall–Kier alpha value is -2.50. The molecule has 0 saturated heterocycles. The Morgan fingerprint density at radius 3 is 2.00 bits per heavy atom. The van der Waals surface area contributed by atoms with Gasteiger partial charge < -0.3 is 4.42 Å². The fourth-order valence-corrected chi connectivity index (χ4v) is 3.61. The quantitative estimate of drug-likeness (QED) is 0.490. The van der Waals surface area contributed by atoms with Crippen LogP contribution in [0.5, 0.6) is 0 Å². The van der Waals surface area contributed by atoms with E-state index in [4.69, 9.17) is 9.67 Å². The van der Waals surface area contributed by atoms with Crippen LogP contribution in [0.4, 0.5) is 0 Å². The molecule has 1 N–H and O–H groups in total. The molecule has 5 heteroatoms. The second-order valence-electron chi connectivity index (χ2n) is 6.84. The number of aromatic nitrogens is 2. The van der Waals surface area contributed by atoms with Crippen LogP contribution in [0, 0.1) is 0 Å². The maximum absolute atomic E-state index is 8.50. The van der Waals surface area contributed by atoms with Crippen LogP contribution in [0.25, 0.3) is 22.9 Å². The van der Waals surface area contributed by atoms with Crippen LogP contribution in [-0.4, -0.2) is 15.5 Å². The summed E-state index contributed by atoms with van der Waals surface area (Å²) in [6, 6.07) is 16.0. The van der Waals surface area contributed by atoms with Crippen molar-refractivity contribution < 1.29 is 14.6 Å². The van der Waals surface area contributed by atoms with E-state index in [0.717, 1.165) is 16.7 Å². The van der Waals surface area contributed by atoms with Gasteiger partial charge in [0.05, 0.1) is 0 Å². The van der Waals surface area contributed by atoms with E-state index < -0.39 is 0 Å². The Kier molecular flexibility index (Phi) is 5.09. The number of rotatable bonds is 5. The summed E-state index contributed by atoms with van der Waals surface area (Å²) in [5.74, 6) is 1.70. The molecule has 1 aromatic heterocycles. The molecule has 4 rings (SSSR count). The fourth-order valence-electron chi connectivity index (χ4n) is 3.61. The van der Waals surface area contributed by atoms with E-state index in [-0.39, 0.29) is 6.61 Å². The summed E-state index contributed by atoms with van der Waals surface area (Å²) in [6.07, 6.45) is 6.63. The highest BCUT2D eigenvalue weighted by Crippen LogP contribution is 2.33. The van der Waals surface area contributed by atoms with Crippen molar-refractivity contribution in [1.29, 1.82) is 0 Å². The van der Waals surface area contributed by atoms with Crippen LogP contribution in [0.15, 0.2) is 52.9 Å². The third-order valence-electron chi connectivity index (χ3n) is 5.09. The van der Waals surface area contributed by atoms with Gasteiger partial charge in [-0.3, -0.25) is 5.26 Å². The van der Waals surface area contributed by atoms with E-state index in [9.17, 15) is 0 Å². The summed E-state index contributed by atoms with van der Waals surface area (Å²) in [5.41, 5.74) is 4.06. The minimum atomic E-state index is 0.155. The van der Waals surface area contributed by atoms with Gasteiger partial charge in [0.25, 0.3) is 0 Å². The number of nitrogens with zero attached hydrogens (tertiary/aromatic N) is 2. The van der Waals surface area contributed by atoms with Crippen molar-refractivity contribution in [2.75, 3.05) is 0 Å². The molecule has 134 valence electrons. The topological polar surface area (TPSA) is 68.4 Å². The van der Waals surface area contributed by atoms with Gasteiger partial charge >= 0.3 is 0 Å². The molecule has 0 spiro atoms. The van der Waals surface area contributed by atoms with Crippen molar-refractivity contribution in [2.45, 2.75) is 44.6 Å². The van der Waals surface area contributed by atoms with Crippen molar-refractivity contribution in [3.05, 3.63) is 59.7 Å². The summed E-state index contributed by atoms with van der Waals surface area (Å²) in [7, 11) is 0. The zero-order chi connectivity index (χ0) is 17.8. The number of benzene rings is 2. The van der Waals surface area contributed by atoms with E-state index in [1.807, 2.05) is 24.3 Å². The maximum atomic E-state index is 8.50. The van der Waals surface area contributed by atoms with Crippen molar-refractivity contribution in [1.82, 2.24) is 10.2 Å². The second kappa shape index (κ2) is 7.81. The Morgan fingerprint density at radius 1 is 0.846 bits per heavy atom. The lowest BCUT2D eigenvalue weighted by Crippen LogP contribution is -2.04. The average molecular weight is 350 g/mol. The molecule has 1 fully saturated rings. The molecule has 1 heterocycles. The lowest BCUT2D eigenvalue weighted by Gasteiger charge is -2.21. The molecular weight excluding hydrogens is 328 g/mol. The number of hydrogen-bond acceptors (Lipinski definition) is 5. The van der Waals surface area contributed by atoms with Crippen LogP contribution in [0.2, 0.25) is 0 Å². The normalized spacial score (nSPS) is 15.3. The molecule has 0 bridgehead atoms. The van der Waals surface area contributed by atoms with Crippen LogP contribution in [0.1, 0.15) is 49.1 Å². The Balaban J connectivity index is 1.50. The SMILES string of the molecule is OOCc1ccc(-c2nnc(-c3ccc(C4CCCCC4)cc3)o2)cc1. The van der Waals surface area contributed by atoms with Crippen LogP contribution >= 0.6 is 0 Å². The van der Waals surface area contributed by atoms with Gasteiger partial charge in [-0.05, 0) is 54.2 Å². The third kappa shape index (κ3) is 3.69. The third-order valence-corrected chi connectivity index (χ3v) is 5.09. The van der Waals surface area contributed by atoms with Crippen LogP contribution < -0.4 is 0 Å². The summed E-state index contributed by atoms with van der Waals surface area (Å²) in [4.78, 5) is 4.14. The highest BCUT2D eigenvalue weighted by molar-refractivity contribution is 5.58. The van der Waals surface area contributed by atoms with Gasteiger partial charge in [0.15, 0.2) is 0 Å². The standard InChI is InChI=1S/C21H22N2O3/c24-25-14-15-6-8-18(9-7-15)20-22-23-21(26-20)19-12-10-17(11-13-19)16-4-2-1-3-5-16/h6-13,16,24H,1-5,14H2. The van der Waals surface area contributed by atoms with Gasteiger partial charge in [-0.2, -0.15) is 0 Å². The highest BCUT2D eigenvalue weighted by Gasteiger charge is 2.16. The van der Waals surface area contributed by atoms with E-state index in [1.165, 1.54) is 37.7 Å². The average Bonchev–Trinajstić information content (AvgIpc) is 3.20. The smallest absolute Gasteiger partial charge is 0.248 e. The van der Waals surface area contributed by atoms with Gasteiger partial charge in [-0.15, -0.1) is 10.2 Å². The van der Waals surface area contributed by atoms with Gasteiger partial charge in [0, 0.05) is 11.1 Å². The molecule has 0 radical (unpaired) electrons. The van der Waals surface area contributed by atoms with Crippen LogP contribution in [-0.2, 0) is 11.5 Å². The first-order chi connectivity index (χ1) is 12.8. The minimum Gasteiger partial charge on any atom is -0.416 e. The summed E-state index contributed by atoms with van der Waals surface area (Å²) in [5, 5.41) is 16.8. The van der Waals surface area contributed by atoms with Gasteiger partial charge in [0.2, 0.25) is 11.8 Å². The van der Waals surface area contributed by atoms with Gasteiger partial charge in [-0.25, -0.2) is 4.89 Å². The first-order valence-corrected chi connectivity index (χ1v) is 9.13. The molecule has 26 heavy (non-hydrogen) atoms. The van der Waals surface area contributed by atoms with Crippen LogP contribution in [0.3, 0.4) is 0 Å². The largest absolute Gasteiger partial charge is 0.416 e. The van der Waals surface area contributed by atoms with Gasteiger partial charge in [-0.1, -0.05) is 43.5 Å². The zero-order valence-electron chi connectivity index (χ0n) is 14.6. The highest BCUT2D eigenvalue weighted by atomic mass is 17.1. The number of hydrogen-bond donors (Lipinski definition) is 1. The van der Waals surface area contributed by atoms with Crippen molar-refractivity contribution in [3.8, 4) is 22.9 Å². The van der Waals surface area contributed by atoms with E-state index in [2.05, 4.69) is 39.4 Å². The molecule has 1 aliphatic carbocycles. The Morgan fingerprint density at radius 2 is 1.42 bits per heavy atom. The van der Waals surface area contributed by atoms with E-state index >= 15 is 0 Å². The molecule has 0 unspecified atom stereocenters. The maximum Gasteiger partial charge on any atom is 0.248 e. The fraction of sp³-hybridized carbons (Fsp3) is 0.333. The zero-order valence-corrected chi connectivity index (χ0v) is 14.6. The molecule has 2 aromatic carbocycles. The molecule has 0 atom stereocenters. The minimum absolute atomic E-state index is 0.155. The molecular formula is C21H22N2O3. The molecule has 0 amide bonds. The molecule has 1 aliphatic rings. The van der Waals surface area contributed by atoms with E-state index in [1.54, 1.807) is 0 Å². The first-order valence-electron chi connectivity index (χ1n) is 9.13. The monoisotopic (exact) mass is 350 g/mol. The summed E-state index contributed by atoms with van der Waals surface area (Å²) >= 11 is 0. The lowest BCUT2D eigenvalue weighted by molar-refractivity contribution is -0.253. The molecule has 0 aliphatic heterocycles. The predicted octanol–water partition coefficient (Wildman–Crippen LogP) is 5.44. The van der Waals surface area contributed by atoms with E-state index in [0.29, 0.717) is 17.7 Å². The molecule has 5 nitrogen and oxygen atoms in total. The first kappa shape index (κ1) is 16.9. The Bertz CT molecular complexity index is 834. The van der Waals surface area contributed by atoms with Crippen molar-refractivity contribution in [3.63, 3.8) is 0 Å². The predicted molar refractivity (Wildman–Crippen MR) is 98.4 cm³/mol. The molecule has 1 saturated carbocycles. The summed E-state index contributed by atoms with van der Waals surface area (Å²) in [6.45, 7) is 0.155. The van der Waals surface area contributed by atoms with Crippen molar-refractivity contribution in [2.24, 2.45) is 0 Å². The lowest BCUT2D eigenvalue weighted by atomic mass is 9.84. The second-order valence-corrected chi connectivity index (χ2v) is 6.84. The van der Waals surface area contributed by atoms with Crippen molar-refractivity contribution >= 4 is 0 Å². The Labute approximate surface area is 152 Å². The van der Waals surface area contributed by atoms with Gasteiger partial charge in [0.1, 0.15) is 6.61 Å². The molecule has 3 aromatic rings.